The molecule has 0 aliphatic carbocycles. The van der Waals surface area contributed by atoms with Gasteiger partial charge >= 0.3 is 0 Å². The monoisotopic (exact) mass is 285 g/mol. The highest BCUT2D eigenvalue weighted by atomic mass is 16.1. The van der Waals surface area contributed by atoms with Gasteiger partial charge in [-0.05, 0) is 37.9 Å². The van der Waals surface area contributed by atoms with Gasteiger partial charge < -0.3 is 5.32 Å². The lowest BCUT2D eigenvalue weighted by Gasteiger charge is -2.23. The van der Waals surface area contributed by atoms with Crippen LogP contribution in [-0.2, 0) is 11.2 Å². The molecule has 1 aromatic rings. The predicted octanol–water partition coefficient (Wildman–Crippen LogP) is 1.97. The lowest BCUT2D eigenvalue weighted by molar-refractivity contribution is -0.123. The zero-order valence-corrected chi connectivity index (χ0v) is 12.6. The largest absolute Gasteiger partial charge is 0.353 e. The fraction of sp³-hybridized carbons (Fsp3) is 0.529. The van der Waals surface area contributed by atoms with Crippen molar-refractivity contribution in [2.24, 2.45) is 5.92 Å². The smallest absolute Gasteiger partial charge is 0.237 e. The minimum absolute atomic E-state index is 0.149. The molecule has 21 heavy (non-hydrogen) atoms. The highest BCUT2D eigenvalue weighted by Gasteiger charge is 2.25. The zero-order chi connectivity index (χ0) is 15.1. The van der Waals surface area contributed by atoms with E-state index >= 15 is 0 Å². The first-order valence-corrected chi connectivity index (χ1v) is 7.70. The van der Waals surface area contributed by atoms with Crippen molar-refractivity contribution in [3.8, 4) is 6.07 Å². The van der Waals surface area contributed by atoms with Crippen LogP contribution in [0, 0.1) is 17.2 Å². The number of benzene rings is 1. The molecule has 2 atom stereocenters. The second kappa shape index (κ2) is 7.80. The fourth-order valence-corrected chi connectivity index (χ4v) is 2.93. The van der Waals surface area contributed by atoms with E-state index in [9.17, 15) is 10.1 Å². The molecule has 0 saturated carbocycles. The first-order valence-electron chi connectivity index (χ1n) is 7.70. The van der Waals surface area contributed by atoms with Gasteiger partial charge in [-0.2, -0.15) is 5.26 Å². The van der Waals surface area contributed by atoms with Crippen molar-refractivity contribution in [3.63, 3.8) is 0 Å². The van der Waals surface area contributed by atoms with Gasteiger partial charge in [0.1, 0.15) is 5.92 Å². The average molecular weight is 285 g/mol. The van der Waals surface area contributed by atoms with Crippen molar-refractivity contribution < 1.29 is 4.79 Å². The van der Waals surface area contributed by atoms with Gasteiger partial charge in [-0.15, -0.1) is 0 Å². The van der Waals surface area contributed by atoms with E-state index in [-0.39, 0.29) is 5.91 Å². The molecule has 1 amide bonds. The van der Waals surface area contributed by atoms with Crippen LogP contribution in [0.25, 0.3) is 0 Å². The molecule has 1 heterocycles. The lowest BCUT2D eigenvalue weighted by atomic mass is 10.00. The van der Waals surface area contributed by atoms with Crippen LogP contribution >= 0.6 is 0 Å². The standard InChI is InChI=1S/C17H23N3O/c1-2-20-10-6-9-16(20)13-19-17(21)15(12-18)11-14-7-4-3-5-8-14/h3-5,7-8,15-16H,2,6,9-11,13H2,1H3,(H,19,21). The quantitative estimate of drug-likeness (QED) is 0.869. The van der Waals surface area contributed by atoms with Gasteiger partial charge in [-0.3, -0.25) is 9.69 Å². The van der Waals surface area contributed by atoms with E-state index in [0.29, 0.717) is 19.0 Å². The Hall–Kier alpha value is -1.86. The van der Waals surface area contributed by atoms with Gasteiger partial charge in [0.25, 0.3) is 0 Å². The number of amides is 1. The number of rotatable bonds is 6. The Labute approximate surface area is 126 Å². The molecule has 1 aliphatic heterocycles. The van der Waals surface area contributed by atoms with Gasteiger partial charge in [0, 0.05) is 12.6 Å². The average Bonchev–Trinajstić information content (AvgIpc) is 2.98. The van der Waals surface area contributed by atoms with Crippen molar-refractivity contribution in [1.29, 1.82) is 5.26 Å². The summed E-state index contributed by atoms with van der Waals surface area (Å²) in [5.41, 5.74) is 1.02. The number of hydrogen-bond donors (Lipinski definition) is 1. The molecule has 112 valence electrons. The van der Waals surface area contributed by atoms with E-state index in [1.165, 1.54) is 6.42 Å². The van der Waals surface area contributed by atoms with E-state index in [2.05, 4.69) is 23.2 Å². The second-order valence-electron chi connectivity index (χ2n) is 5.54. The first kappa shape index (κ1) is 15.5. The number of likely N-dealkylation sites (N-methyl/N-ethyl adjacent to an activating group) is 1. The van der Waals surface area contributed by atoms with E-state index < -0.39 is 5.92 Å². The highest BCUT2D eigenvalue weighted by Crippen LogP contribution is 2.16. The summed E-state index contributed by atoms with van der Waals surface area (Å²) in [6.07, 6.45) is 2.80. The number of hydrogen-bond acceptors (Lipinski definition) is 3. The van der Waals surface area contributed by atoms with Crippen LogP contribution in [0.3, 0.4) is 0 Å². The Morgan fingerprint density at radius 1 is 1.48 bits per heavy atom. The molecule has 1 fully saturated rings. The molecule has 0 radical (unpaired) electrons. The van der Waals surface area contributed by atoms with Gasteiger partial charge in [0.05, 0.1) is 6.07 Å². The van der Waals surface area contributed by atoms with Gasteiger partial charge in [0.15, 0.2) is 0 Å². The van der Waals surface area contributed by atoms with E-state index in [0.717, 1.165) is 25.1 Å². The van der Waals surface area contributed by atoms with Crippen molar-refractivity contribution in [2.45, 2.75) is 32.2 Å². The number of carbonyl (C=O) groups excluding carboxylic acids is 1. The third kappa shape index (κ3) is 4.30. The Bertz CT molecular complexity index is 495. The minimum Gasteiger partial charge on any atom is -0.353 e. The summed E-state index contributed by atoms with van der Waals surface area (Å²) in [6.45, 7) is 4.93. The van der Waals surface area contributed by atoms with Crippen LogP contribution in [-0.4, -0.2) is 36.5 Å². The number of nitrogens with one attached hydrogen (secondary N) is 1. The van der Waals surface area contributed by atoms with Crippen LogP contribution in [0.15, 0.2) is 30.3 Å². The first-order chi connectivity index (χ1) is 10.2. The van der Waals surface area contributed by atoms with Crippen molar-refractivity contribution in [3.05, 3.63) is 35.9 Å². The molecule has 0 bridgehead atoms. The molecule has 0 aromatic heterocycles. The van der Waals surface area contributed by atoms with E-state index in [1.807, 2.05) is 30.3 Å². The summed E-state index contributed by atoms with van der Waals surface area (Å²) in [4.78, 5) is 14.6. The summed E-state index contributed by atoms with van der Waals surface area (Å²) in [5.74, 6) is -0.756. The molecule has 2 rings (SSSR count). The number of likely N-dealkylation sites (tertiary alicyclic amines) is 1. The van der Waals surface area contributed by atoms with Crippen molar-refractivity contribution in [2.75, 3.05) is 19.6 Å². The Morgan fingerprint density at radius 2 is 2.24 bits per heavy atom. The van der Waals surface area contributed by atoms with E-state index in [1.54, 1.807) is 0 Å². The van der Waals surface area contributed by atoms with Crippen LogP contribution in [0.5, 0.6) is 0 Å². The second-order valence-corrected chi connectivity index (χ2v) is 5.54. The van der Waals surface area contributed by atoms with Crippen LogP contribution in [0.1, 0.15) is 25.3 Å². The molecule has 1 N–H and O–H groups in total. The van der Waals surface area contributed by atoms with Gasteiger partial charge in [-0.1, -0.05) is 37.3 Å². The Kier molecular flexibility index (Phi) is 5.77. The normalized spacial score (nSPS) is 19.9. The Balaban J connectivity index is 1.85. The molecule has 1 aromatic carbocycles. The van der Waals surface area contributed by atoms with Gasteiger partial charge in [0.2, 0.25) is 5.91 Å². The van der Waals surface area contributed by atoms with Crippen LogP contribution in [0.2, 0.25) is 0 Å². The highest BCUT2D eigenvalue weighted by molar-refractivity contribution is 5.81. The molecule has 2 unspecified atom stereocenters. The molecule has 4 heteroatoms. The number of nitrogens with zero attached hydrogens (tertiary/aromatic N) is 2. The maximum Gasteiger partial charge on any atom is 0.237 e. The fourth-order valence-electron chi connectivity index (χ4n) is 2.93. The summed E-state index contributed by atoms with van der Waals surface area (Å²) < 4.78 is 0. The zero-order valence-electron chi connectivity index (χ0n) is 12.6. The molecular formula is C17H23N3O. The minimum atomic E-state index is -0.608. The number of carbonyl (C=O) groups is 1. The molecule has 0 spiro atoms. The third-order valence-corrected chi connectivity index (χ3v) is 4.17. The predicted molar refractivity (Wildman–Crippen MR) is 82.5 cm³/mol. The topological polar surface area (TPSA) is 56.1 Å². The maximum absolute atomic E-state index is 12.2. The summed E-state index contributed by atoms with van der Waals surface area (Å²) >= 11 is 0. The van der Waals surface area contributed by atoms with E-state index in [4.69, 9.17) is 0 Å². The summed E-state index contributed by atoms with van der Waals surface area (Å²) in [5, 5.41) is 12.2. The van der Waals surface area contributed by atoms with Crippen molar-refractivity contribution >= 4 is 5.91 Å². The molecular weight excluding hydrogens is 262 g/mol. The Morgan fingerprint density at radius 3 is 2.90 bits per heavy atom. The third-order valence-electron chi connectivity index (χ3n) is 4.17. The van der Waals surface area contributed by atoms with Crippen LogP contribution < -0.4 is 5.32 Å². The molecule has 1 saturated heterocycles. The molecule has 1 aliphatic rings. The summed E-state index contributed by atoms with van der Waals surface area (Å²) in [6, 6.07) is 12.2. The molecule has 4 nitrogen and oxygen atoms in total. The summed E-state index contributed by atoms with van der Waals surface area (Å²) in [7, 11) is 0. The lowest BCUT2D eigenvalue weighted by Crippen LogP contribution is -2.42. The SMILES string of the molecule is CCN1CCCC1CNC(=O)C(C#N)Cc1ccccc1. The number of nitriles is 1. The maximum atomic E-state index is 12.2. The van der Waals surface area contributed by atoms with Crippen molar-refractivity contribution in [1.82, 2.24) is 10.2 Å². The van der Waals surface area contributed by atoms with Crippen LogP contribution in [0.4, 0.5) is 0 Å². The van der Waals surface area contributed by atoms with Gasteiger partial charge in [-0.25, -0.2) is 0 Å².